The maximum absolute atomic E-state index is 11.3. The third kappa shape index (κ3) is 0.968. The number of anilines is 2. The van der Waals surface area contributed by atoms with Crippen LogP contribution in [-0.4, -0.2) is 18.6 Å². The largest absolute Gasteiger partial charge is 0.366 e. The van der Waals surface area contributed by atoms with Crippen LogP contribution in [0.4, 0.5) is 11.4 Å². The zero-order valence-corrected chi connectivity index (χ0v) is 8.16. The van der Waals surface area contributed by atoms with Crippen molar-refractivity contribution in [1.82, 2.24) is 0 Å². The van der Waals surface area contributed by atoms with Crippen molar-refractivity contribution in [2.24, 2.45) is 5.73 Å². The first-order valence-corrected chi connectivity index (χ1v) is 4.38. The van der Waals surface area contributed by atoms with E-state index >= 15 is 0 Å². The lowest BCUT2D eigenvalue weighted by molar-refractivity contribution is -0.121. The van der Waals surface area contributed by atoms with E-state index in [4.69, 9.17) is 5.73 Å². The maximum atomic E-state index is 11.3. The molecular formula is C10H12N3O. The molecule has 0 aromatic heterocycles. The van der Waals surface area contributed by atoms with E-state index in [1.54, 1.807) is 13.0 Å². The fraction of sp³-hybridized carbons (Fsp3) is 0.300. The Hall–Kier alpha value is -1.71. The van der Waals surface area contributed by atoms with Crippen LogP contribution in [0.5, 0.6) is 0 Å². The van der Waals surface area contributed by atoms with Gasteiger partial charge in [0.15, 0.2) is 5.66 Å². The molecule has 0 saturated carbocycles. The second-order valence-corrected chi connectivity index (χ2v) is 3.56. The average molecular weight is 190 g/mol. The number of carbonyl (C=O) groups is 1. The summed E-state index contributed by atoms with van der Waals surface area (Å²) in [6.07, 6.45) is 0. The number of nitrogens with one attached hydrogen (secondary N) is 1. The first kappa shape index (κ1) is 8.87. The molecule has 1 unspecified atom stereocenters. The summed E-state index contributed by atoms with van der Waals surface area (Å²) < 4.78 is 0. The van der Waals surface area contributed by atoms with E-state index in [-0.39, 0.29) is 0 Å². The Morgan fingerprint density at radius 2 is 2.43 bits per heavy atom. The van der Waals surface area contributed by atoms with Gasteiger partial charge in [0.2, 0.25) is 0 Å². The lowest BCUT2D eigenvalue weighted by Gasteiger charge is -2.30. The van der Waals surface area contributed by atoms with Gasteiger partial charge in [0, 0.05) is 7.05 Å². The molecule has 0 bridgehead atoms. The summed E-state index contributed by atoms with van der Waals surface area (Å²) in [6.45, 7) is 1.76. The van der Waals surface area contributed by atoms with Gasteiger partial charge in [0.05, 0.1) is 11.4 Å². The van der Waals surface area contributed by atoms with Gasteiger partial charge in [-0.15, -0.1) is 0 Å². The van der Waals surface area contributed by atoms with Crippen LogP contribution in [0.15, 0.2) is 18.2 Å². The van der Waals surface area contributed by atoms with Gasteiger partial charge in [-0.05, 0) is 25.1 Å². The molecule has 0 fully saturated rings. The summed E-state index contributed by atoms with van der Waals surface area (Å²) >= 11 is 0. The molecule has 0 saturated heterocycles. The quantitative estimate of drug-likeness (QED) is 0.680. The van der Waals surface area contributed by atoms with Gasteiger partial charge in [-0.2, -0.15) is 0 Å². The van der Waals surface area contributed by atoms with Crippen molar-refractivity contribution in [3.8, 4) is 0 Å². The van der Waals surface area contributed by atoms with E-state index in [0.717, 1.165) is 11.4 Å². The molecule has 1 aromatic rings. The molecule has 0 spiro atoms. The fourth-order valence-electron chi connectivity index (χ4n) is 1.63. The SMILES string of the molecule is CN1c2cc[c]cc2NC1(C)C(N)=O. The Balaban J connectivity index is 2.48. The van der Waals surface area contributed by atoms with Crippen molar-refractivity contribution in [2.75, 3.05) is 17.3 Å². The first-order chi connectivity index (χ1) is 6.55. The van der Waals surface area contributed by atoms with E-state index in [0.29, 0.717) is 0 Å². The molecular weight excluding hydrogens is 178 g/mol. The summed E-state index contributed by atoms with van der Waals surface area (Å²) in [6, 6.07) is 8.46. The van der Waals surface area contributed by atoms with Crippen LogP contribution in [0.3, 0.4) is 0 Å². The van der Waals surface area contributed by atoms with E-state index < -0.39 is 11.6 Å². The van der Waals surface area contributed by atoms with Crippen LogP contribution >= 0.6 is 0 Å². The molecule has 1 heterocycles. The molecule has 4 nitrogen and oxygen atoms in total. The first-order valence-electron chi connectivity index (χ1n) is 4.38. The van der Waals surface area contributed by atoms with Crippen LogP contribution in [0, 0.1) is 6.07 Å². The fourth-order valence-corrected chi connectivity index (χ4v) is 1.63. The molecule has 3 N–H and O–H groups in total. The third-order valence-electron chi connectivity index (χ3n) is 2.73. The predicted molar refractivity (Wildman–Crippen MR) is 54.9 cm³/mol. The zero-order valence-electron chi connectivity index (χ0n) is 8.16. The standard InChI is InChI=1S/C10H12N3O/c1-10(9(11)14)12-7-5-3-4-6-8(7)13(10)2/h4-6,12H,1-2H3,(H2,11,14). The van der Waals surface area contributed by atoms with Gasteiger partial charge in [0.1, 0.15) is 0 Å². The van der Waals surface area contributed by atoms with Gasteiger partial charge in [0.25, 0.3) is 5.91 Å². The summed E-state index contributed by atoms with van der Waals surface area (Å²) in [7, 11) is 1.84. The highest BCUT2D eigenvalue weighted by molar-refractivity contribution is 5.96. The number of primary amides is 1. The van der Waals surface area contributed by atoms with Gasteiger partial charge in [-0.3, -0.25) is 4.79 Å². The number of carbonyl (C=O) groups excluding carboxylic acids is 1. The smallest absolute Gasteiger partial charge is 0.263 e. The number of hydrogen-bond donors (Lipinski definition) is 2. The second kappa shape index (κ2) is 2.64. The lowest BCUT2D eigenvalue weighted by atomic mass is 10.2. The topological polar surface area (TPSA) is 58.4 Å². The lowest BCUT2D eigenvalue weighted by Crippen LogP contribution is -2.56. The van der Waals surface area contributed by atoms with Gasteiger partial charge >= 0.3 is 0 Å². The van der Waals surface area contributed by atoms with E-state index in [1.807, 2.05) is 24.1 Å². The number of rotatable bonds is 1. The van der Waals surface area contributed by atoms with Crippen LogP contribution in [0.25, 0.3) is 0 Å². The molecule has 1 radical (unpaired) electrons. The van der Waals surface area contributed by atoms with E-state index in [1.165, 1.54) is 0 Å². The maximum Gasteiger partial charge on any atom is 0.263 e. The Labute approximate surface area is 82.7 Å². The van der Waals surface area contributed by atoms with Crippen LogP contribution < -0.4 is 16.0 Å². The highest BCUT2D eigenvalue weighted by atomic mass is 16.2. The molecule has 1 aliphatic heterocycles. The monoisotopic (exact) mass is 190 g/mol. The van der Waals surface area contributed by atoms with Gasteiger partial charge in [-0.25, -0.2) is 0 Å². The summed E-state index contributed by atoms with van der Waals surface area (Å²) in [4.78, 5) is 13.1. The Morgan fingerprint density at radius 3 is 3.00 bits per heavy atom. The zero-order chi connectivity index (χ0) is 10.3. The van der Waals surface area contributed by atoms with Crippen molar-refractivity contribution in [1.29, 1.82) is 0 Å². The van der Waals surface area contributed by atoms with E-state index in [2.05, 4.69) is 11.4 Å². The van der Waals surface area contributed by atoms with Crippen LogP contribution in [0.2, 0.25) is 0 Å². The minimum atomic E-state index is -0.836. The van der Waals surface area contributed by atoms with Crippen molar-refractivity contribution < 1.29 is 4.79 Å². The van der Waals surface area contributed by atoms with Crippen LogP contribution in [0.1, 0.15) is 6.92 Å². The molecule has 14 heavy (non-hydrogen) atoms. The molecule has 1 amide bonds. The molecule has 4 heteroatoms. The van der Waals surface area contributed by atoms with Gasteiger partial charge < -0.3 is 16.0 Å². The van der Waals surface area contributed by atoms with Crippen molar-refractivity contribution >= 4 is 17.3 Å². The van der Waals surface area contributed by atoms with Crippen molar-refractivity contribution in [3.05, 3.63) is 24.3 Å². The number of hydrogen-bond acceptors (Lipinski definition) is 3. The second-order valence-electron chi connectivity index (χ2n) is 3.56. The summed E-state index contributed by atoms with van der Waals surface area (Å²) in [5.74, 6) is -0.392. The average Bonchev–Trinajstić information content (AvgIpc) is 2.42. The number of nitrogens with zero attached hydrogens (tertiary/aromatic N) is 1. The summed E-state index contributed by atoms with van der Waals surface area (Å²) in [5.41, 5.74) is 6.36. The van der Waals surface area contributed by atoms with Gasteiger partial charge in [-0.1, -0.05) is 6.07 Å². The van der Waals surface area contributed by atoms with Crippen molar-refractivity contribution in [3.63, 3.8) is 0 Å². The van der Waals surface area contributed by atoms with Crippen LogP contribution in [-0.2, 0) is 4.79 Å². The Morgan fingerprint density at radius 1 is 1.71 bits per heavy atom. The number of fused-ring (bicyclic) bond motifs is 1. The molecule has 2 rings (SSSR count). The normalized spacial score (nSPS) is 24.3. The molecule has 1 aromatic carbocycles. The molecule has 0 aliphatic carbocycles. The number of likely N-dealkylation sites (N-methyl/N-ethyl adjacent to an activating group) is 1. The molecule has 73 valence electrons. The minimum Gasteiger partial charge on any atom is -0.366 e. The number of nitrogens with two attached hydrogens (primary N) is 1. The predicted octanol–water partition coefficient (Wildman–Crippen LogP) is 0.550. The van der Waals surface area contributed by atoms with Crippen molar-refractivity contribution in [2.45, 2.75) is 12.6 Å². The Bertz CT molecular complexity index is 391. The number of benzene rings is 1. The van der Waals surface area contributed by atoms with E-state index in [9.17, 15) is 4.79 Å². The number of amides is 1. The highest BCUT2D eigenvalue weighted by Gasteiger charge is 2.41. The Kier molecular flexibility index (Phi) is 1.67. The summed E-state index contributed by atoms with van der Waals surface area (Å²) in [5, 5.41) is 3.08. The highest BCUT2D eigenvalue weighted by Crippen LogP contribution is 2.37. The molecule has 1 atom stereocenters. The third-order valence-corrected chi connectivity index (χ3v) is 2.73. The molecule has 1 aliphatic rings. The minimum absolute atomic E-state index is 0.392.